The zero-order chi connectivity index (χ0) is 11.3. The molecule has 0 radical (unpaired) electrons. The van der Waals surface area contributed by atoms with E-state index in [2.05, 4.69) is 0 Å². The number of carbonyl (C=O) groups is 2. The van der Waals surface area contributed by atoms with Crippen molar-refractivity contribution in [2.45, 2.75) is 13.8 Å². The first-order chi connectivity index (χ1) is 7.11. The number of imide groups is 1. The Morgan fingerprint density at radius 2 is 1.60 bits per heavy atom. The maximum atomic E-state index is 11.1. The van der Waals surface area contributed by atoms with Gasteiger partial charge in [0, 0.05) is 20.0 Å². The number of nitrogens with zero attached hydrogens (tertiary/aromatic N) is 1. The van der Waals surface area contributed by atoms with E-state index in [-0.39, 0.29) is 11.8 Å². The van der Waals surface area contributed by atoms with Crippen LogP contribution in [0.4, 0.5) is 0 Å². The number of hydrogen-bond donors (Lipinski definition) is 0. The van der Waals surface area contributed by atoms with Gasteiger partial charge in [0.15, 0.2) is 0 Å². The fourth-order valence-electron chi connectivity index (χ4n) is 1.16. The molecule has 1 aromatic carbocycles. The standard InChI is InChI=1S/C12H13NO2/c1-10(14)13(11(2)15)9-8-12-6-4-3-5-7-12/h3-9H,1-2H3. The van der Waals surface area contributed by atoms with E-state index in [1.165, 1.54) is 20.0 Å². The summed E-state index contributed by atoms with van der Waals surface area (Å²) in [6, 6.07) is 9.49. The number of carbonyl (C=O) groups excluding carboxylic acids is 2. The summed E-state index contributed by atoms with van der Waals surface area (Å²) >= 11 is 0. The van der Waals surface area contributed by atoms with Crippen LogP contribution in [0.15, 0.2) is 36.5 Å². The van der Waals surface area contributed by atoms with Crippen molar-refractivity contribution >= 4 is 17.9 Å². The van der Waals surface area contributed by atoms with Gasteiger partial charge in [-0.05, 0) is 11.6 Å². The van der Waals surface area contributed by atoms with E-state index in [1.807, 2.05) is 30.3 Å². The molecule has 0 saturated carbocycles. The van der Waals surface area contributed by atoms with Crippen molar-refractivity contribution in [3.63, 3.8) is 0 Å². The molecular weight excluding hydrogens is 190 g/mol. The van der Waals surface area contributed by atoms with Crippen LogP contribution in [0.5, 0.6) is 0 Å². The van der Waals surface area contributed by atoms with Gasteiger partial charge in [0.2, 0.25) is 11.8 Å². The van der Waals surface area contributed by atoms with Crippen molar-refractivity contribution in [3.8, 4) is 0 Å². The Balaban J connectivity index is 2.79. The monoisotopic (exact) mass is 203 g/mol. The summed E-state index contributed by atoms with van der Waals surface area (Å²) in [5, 5.41) is 0. The molecule has 0 heterocycles. The van der Waals surface area contributed by atoms with Gasteiger partial charge in [-0.25, -0.2) is 0 Å². The first kappa shape index (κ1) is 11.2. The second kappa shape index (κ2) is 5.10. The van der Waals surface area contributed by atoms with Crippen molar-refractivity contribution in [1.82, 2.24) is 4.90 Å². The van der Waals surface area contributed by atoms with Gasteiger partial charge in [-0.1, -0.05) is 30.3 Å². The second-order valence-electron chi connectivity index (χ2n) is 3.13. The average Bonchev–Trinajstić information content (AvgIpc) is 2.18. The Hall–Kier alpha value is -1.90. The highest BCUT2D eigenvalue weighted by atomic mass is 16.2. The average molecular weight is 203 g/mol. The van der Waals surface area contributed by atoms with Crippen LogP contribution in [0.25, 0.3) is 6.08 Å². The van der Waals surface area contributed by atoms with E-state index in [9.17, 15) is 9.59 Å². The van der Waals surface area contributed by atoms with E-state index >= 15 is 0 Å². The predicted molar refractivity (Wildman–Crippen MR) is 58.7 cm³/mol. The van der Waals surface area contributed by atoms with Crippen molar-refractivity contribution in [2.24, 2.45) is 0 Å². The zero-order valence-corrected chi connectivity index (χ0v) is 8.81. The van der Waals surface area contributed by atoms with E-state index < -0.39 is 0 Å². The van der Waals surface area contributed by atoms with Crippen LogP contribution in [0.3, 0.4) is 0 Å². The Kier molecular flexibility index (Phi) is 3.80. The number of benzene rings is 1. The van der Waals surface area contributed by atoms with E-state index in [0.29, 0.717) is 0 Å². The SMILES string of the molecule is CC(=O)N(C=Cc1ccccc1)C(C)=O. The van der Waals surface area contributed by atoms with E-state index in [4.69, 9.17) is 0 Å². The highest BCUT2D eigenvalue weighted by Gasteiger charge is 2.08. The fraction of sp³-hybridized carbons (Fsp3) is 0.167. The topological polar surface area (TPSA) is 37.4 Å². The van der Waals surface area contributed by atoms with Crippen LogP contribution in [0.1, 0.15) is 19.4 Å². The molecular formula is C12H13NO2. The predicted octanol–water partition coefficient (Wildman–Crippen LogP) is 2.05. The van der Waals surface area contributed by atoms with Gasteiger partial charge in [0.25, 0.3) is 0 Å². The number of hydrogen-bond acceptors (Lipinski definition) is 2. The molecule has 3 heteroatoms. The number of amides is 2. The molecule has 1 rings (SSSR count). The van der Waals surface area contributed by atoms with Crippen LogP contribution >= 0.6 is 0 Å². The molecule has 2 amide bonds. The third kappa shape index (κ3) is 3.38. The van der Waals surface area contributed by atoms with Crippen molar-refractivity contribution < 1.29 is 9.59 Å². The highest BCUT2D eigenvalue weighted by molar-refractivity contribution is 5.94. The molecule has 0 aromatic heterocycles. The van der Waals surface area contributed by atoms with Crippen LogP contribution < -0.4 is 0 Å². The number of rotatable bonds is 2. The second-order valence-corrected chi connectivity index (χ2v) is 3.13. The molecule has 0 unspecified atom stereocenters. The molecule has 3 nitrogen and oxygen atoms in total. The van der Waals surface area contributed by atoms with Gasteiger partial charge >= 0.3 is 0 Å². The minimum absolute atomic E-state index is 0.283. The minimum Gasteiger partial charge on any atom is -0.274 e. The summed E-state index contributed by atoms with van der Waals surface area (Å²) in [5.41, 5.74) is 0.949. The summed E-state index contributed by atoms with van der Waals surface area (Å²) in [4.78, 5) is 23.2. The molecule has 0 aliphatic carbocycles. The van der Waals surface area contributed by atoms with Crippen molar-refractivity contribution in [3.05, 3.63) is 42.1 Å². The molecule has 0 aliphatic heterocycles. The minimum atomic E-state index is -0.283. The Labute approximate surface area is 89.0 Å². The van der Waals surface area contributed by atoms with Crippen LogP contribution in [0, 0.1) is 0 Å². The van der Waals surface area contributed by atoms with Crippen molar-refractivity contribution in [2.75, 3.05) is 0 Å². The van der Waals surface area contributed by atoms with Crippen LogP contribution in [-0.2, 0) is 9.59 Å². The quantitative estimate of drug-likeness (QED) is 0.737. The Morgan fingerprint density at radius 3 is 2.07 bits per heavy atom. The first-order valence-corrected chi connectivity index (χ1v) is 4.65. The lowest BCUT2D eigenvalue weighted by Crippen LogP contribution is -2.27. The van der Waals surface area contributed by atoms with Gasteiger partial charge in [0.05, 0.1) is 0 Å². The van der Waals surface area contributed by atoms with Gasteiger partial charge < -0.3 is 0 Å². The molecule has 0 saturated heterocycles. The Morgan fingerprint density at radius 1 is 1.07 bits per heavy atom. The molecule has 1 aromatic rings. The highest BCUT2D eigenvalue weighted by Crippen LogP contribution is 2.03. The molecule has 0 aliphatic rings. The fourth-order valence-corrected chi connectivity index (χ4v) is 1.16. The van der Waals surface area contributed by atoms with Gasteiger partial charge in [-0.3, -0.25) is 14.5 Å². The first-order valence-electron chi connectivity index (χ1n) is 4.65. The van der Waals surface area contributed by atoms with Crippen molar-refractivity contribution in [1.29, 1.82) is 0 Å². The summed E-state index contributed by atoms with van der Waals surface area (Å²) in [7, 11) is 0. The third-order valence-corrected chi connectivity index (χ3v) is 1.89. The molecule has 15 heavy (non-hydrogen) atoms. The lowest BCUT2D eigenvalue weighted by Gasteiger charge is -2.10. The largest absolute Gasteiger partial charge is 0.274 e. The van der Waals surface area contributed by atoms with Crippen LogP contribution in [-0.4, -0.2) is 16.7 Å². The molecule has 0 spiro atoms. The maximum Gasteiger partial charge on any atom is 0.230 e. The van der Waals surface area contributed by atoms with Gasteiger partial charge in [-0.15, -0.1) is 0 Å². The smallest absolute Gasteiger partial charge is 0.230 e. The lowest BCUT2D eigenvalue weighted by molar-refractivity contribution is -0.138. The summed E-state index contributed by atoms with van der Waals surface area (Å²) in [5.74, 6) is -0.565. The molecule has 0 fully saturated rings. The molecule has 0 bridgehead atoms. The summed E-state index contributed by atoms with van der Waals surface area (Å²) < 4.78 is 0. The normalized spacial score (nSPS) is 10.3. The summed E-state index contributed by atoms with van der Waals surface area (Å²) in [6.07, 6.45) is 3.21. The van der Waals surface area contributed by atoms with E-state index in [0.717, 1.165) is 10.5 Å². The lowest BCUT2D eigenvalue weighted by atomic mass is 10.2. The zero-order valence-electron chi connectivity index (χ0n) is 8.81. The van der Waals surface area contributed by atoms with E-state index in [1.54, 1.807) is 6.08 Å². The Bertz CT molecular complexity index is 368. The van der Waals surface area contributed by atoms with Gasteiger partial charge in [-0.2, -0.15) is 0 Å². The molecule has 78 valence electrons. The summed E-state index contributed by atoms with van der Waals surface area (Å²) in [6.45, 7) is 2.72. The maximum absolute atomic E-state index is 11.1. The third-order valence-electron chi connectivity index (χ3n) is 1.89. The molecule has 0 N–H and O–H groups in total. The van der Waals surface area contributed by atoms with Gasteiger partial charge in [0.1, 0.15) is 0 Å². The molecule has 0 atom stereocenters. The van der Waals surface area contributed by atoms with Crippen LogP contribution in [0.2, 0.25) is 0 Å².